The minimum absolute atomic E-state index is 0.0584. The highest BCUT2D eigenvalue weighted by Gasteiger charge is 2.37. The van der Waals surface area contributed by atoms with Gasteiger partial charge in [0.15, 0.2) is 5.69 Å². The number of carbonyl (C=O) groups excluding carboxylic acids is 1. The lowest BCUT2D eigenvalue weighted by atomic mass is 9.86. The zero-order chi connectivity index (χ0) is 23.2. The van der Waals surface area contributed by atoms with Gasteiger partial charge in [-0.25, -0.2) is 14.3 Å². The van der Waals surface area contributed by atoms with Gasteiger partial charge < -0.3 is 14.7 Å². The van der Waals surface area contributed by atoms with Crippen LogP contribution in [-0.2, 0) is 11.8 Å². The van der Waals surface area contributed by atoms with Crippen LogP contribution in [0.5, 0.6) is 5.88 Å². The average molecular weight is 441 g/mol. The number of aromatic nitrogens is 5. The van der Waals surface area contributed by atoms with E-state index in [0.717, 1.165) is 5.56 Å². The molecule has 10 nitrogen and oxygen atoms in total. The van der Waals surface area contributed by atoms with Gasteiger partial charge in [-0.05, 0) is 5.41 Å². The molecule has 1 N–H and O–H groups in total. The van der Waals surface area contributed by atoms with Crippen LogP contribution >= 0.6 is 0 Å². The maximum absolute atomic E-state index is 12.5. The van der Waals surface area contributed by atoms with Gasteiger partial charge >= 0.3 is 5.97 Å². The normalized spacial score (nSPS) is 18.4. The number of hydrogen-bond donors (Lipinski definition) is 1. The number of rotatable bonds is 6. The molecule has 1 aliphatic rings. The summed E-state index contributed by atoms with van der Waals surface area (Å²) in [6.45, 7) is 6.15. The van der Waals surface area contributed by atoms with E-state index in [1.165, 1.54) is 10.6 Å². The van der Waals surface area contributed by atoms with E-state index in [2.05, 4.69) is 36.0 Å². The molecule has 3 aromatic heterocycles. The SMILES string of the molecule is CN(C(=O)CC(C)(C)C)C1CC(Oc2nc(-c3cnn(C)c3)cn3nc(C(=O)O)cc23)C1. The maximum atomic E-state index is 12.5. The van der Waals surface area contributed by atoms with E-state index in [9.17, 15) is 14.7 Å². The lowest BCUT2D eigenvalue weighted by molar-refractivity contribution is -0.137. The van der Waals surface area contributed by atoms with Crippen LogP contribution in [0.2, 0.25) is 0 Å². The molecule has 1 fully saturated rings. The topological polar surface area (TPSA) is 115 Å². The van der Waals surface area contributed by atoms with Crippen LogP contribution in [-0.4, -0.2) is 65.5 Å². The van der Waals surface area contributed by atoms with Gasteiger partial charge in [0.05, 0.1) is 18.1 Å². The van der Waals surface area contributed by atoms with E-state index in [1.54, 1.807) is 17.1 Å². The summed E-state index contributed by atoms with van der Waals surface area (Å²) in [5.74, 6) is -0.675. The van der Waals surface area contributed by atoms with Crippen molar-refractivity contribution >= 4 is 17.4 Å². The maximum Gasteiger partial charge on any atom is 0.356 e. The minimum atomic E-state index is -1.12. The first-order valence-corrected chi connectivity index (χ1v) is 10.6. The molecule has 3 aromatic rings. The predicted octanol–water partition coefficient (Wildman–Crippen LogP) is 2.63. The molecular weight excluding hydrogens is 412 g/mol. The van der Waals surface area contributed by atoms with E-state index in [0.29, 0.717) is 36.4 Å². The third kappa shape index (κ3) is 4.44. The summed E-state index contributed by atoms with van der Waals surface area (Å²) in [7, 11) is 3.65. The molecule has 0 bridgehead atoms. The number of carbonyl (C=O) groups is 2. The van der Waals surface area contributed by atoms with Gasteiger partial charge in [-0.1, -0.05) is 20.8 Å². The Kier molecular flexibility index (Phi) is 5.39. The average Bonchev–Trinajstić information content (AvgIpc) is 3.28. The standard InChI is InChI=1S/C22H28N6O4/c1-22(2,3)9-19(29)27(5)14-6-15(7-14)32-20-18-8-16(21(30)31)25-28(18)12-17(24-20)13-10-23-26(4)11-13/h8,10-12,14-15H,6-7,9H2,1-5H3,(H,30,31). The van der Waals surface area contributed by atoms with Crippen LogP contribution in [0.3, 0.4) is 0 Å². The van der Waals surface area contributed by atoms with Gasteiger partial charge in [0.25, 0.3) is 0 Å². The smallest absolute Gasteiger partial charge is 0.356 e. The van der Waals surface area contributed by atoms with Crippen molar-refractivity contribution in [3.63, 3.8) is 0 Å². The van der Waals surface area contributed by atoms with Gasteiger partial charge in [-0.3, -0.25) is 9.48 Å². The van der Waals surface area contributed by atoms with E-state index < -0.39 is 5.97 Å². The molecular formula is C22H28N6O4. The molecule has 10 heteroatoms. The summed E-state index contributed by atoms with van der Waals surface area (Å²) in [5.41, 5.74) is 1.69. The summed E-state index contributed by atoms with van der Waals surface area (Å²) in [5, 5.41) is 17.7. The van der Waals surface area contributed by atoms with Crippen molar-refractivity contribution in [1.82, 2.24) is 29.3 Å². The Balaban J connectivity index is 1.54. The second kappa shape index (κ2) is 7.92. The Morgan fingerprint density at radius 2 is 2.00 bits per heavy atom. The van der Waals surface area contributed by atoms with Crippen LogP contribution in [0.1, 0.15) is 50.5 Å². The number of aromatic carboxylic acids is 1. The molecule has 0 unspecified atom stereocenters. The third-order valence-electron chi connectivity index (χ3n) is 5.61. The van der Waals surface area contributed by atoms with Gasteiger partial charge in [-0.2, -0.15) is 10.2 Å². The molecule has 0 aromatic carbocycles. The van der Waals surface area contributed by atoms with Crippen molar-refractivity contribution in [2.24, 2.45) is 12.5 Å². The number of hydrogen-bond acceptors (Lipinski definition) is 6. The number of aryl methyl sites for hydroxylation is 1. The summed E-state index contributed by atoms with van der Waals surface area (Å²) in [6.07, 6.45) is 6.91. The first-order chi connectivity index (χ1) is 15.0. The van der Waals surface area contributed by atoms with Crippen molar-refractivity contribution in [3.05, 3.63) is 30.4 Å². The first-order valence-electron chi connectivity index (χ1n) is 10.6. The number of fused-ring (bicyclic) bond motifs is 1. The monoisotopic (exact) mass is 440 g/mol. The van der Waals surface area contributed by atoms with E-state index >= 15 is 0 Å². The zero-order valence-electron chi connectivity index (χ0n) is 18.9. The van der Waals surface area contributed by atoms with Crippen molar-refractivity contribution < 1.29 is 19.4 Å². The molecule has 0 aliphatic heterocycles. The van der Waals surface area contributed by atoms with E-state index in [1.807, 2.05) is 25.2 Å². The summed E-state index contributed by atoms with van der Waals surface area (Å²) < 4.78 is 9.29. The molecule has 4 rings (SSSR count). The second-order valence-electron chi connectivity index (χ2n) is 9.61. The fraction of sp³-hybridized carbons (Fsp3) is 0.500. The van der Waals surface area contributed by atoms with Crippen LogP contribution in [0.25, 0.3) is 16.8 Å². The number of ether oxygens (including phenoxy) is 1. The lowest BCUT2D eigenvalue weighted by Crippen LogP contribution is -2.50. The second-order valence-corrected chi connectivity index (χ2v) is 9.61. The fourth-order valence-corrected chi connectivity index (χ4v) is 3.74. The number of amides is 1. The molecule has 0 saturated heterocycles. The molecule has 1 aliphatic carbocycles. The van der Waals surface area contributed by atoms with Crippen molar-refractivity contribution in [2.45, 2.75) is 52.2 Å². The Hall–Kier alpha value is -3.43. The van der Waals surface area contributed by atoms with Crippen molar-refractivity contribution in [1.29, 1.82) is 0 Å². The summed E-state index contributed by atoms with van der Waals surface area (Å²) in [6, 6.07) is 1.57. The van der Waals surface area contributed by atoms with Crippen LogP contribution in [0.4, 0.5) is 0 Å². The number of nitrogens with zero attached hydrogens (tertiary/aromatic N) is 6. The molecule has 0 radical (unpaired) electrons. The summed E-state index contributed by atoms with van der Waals surface area (Å²) in [4.78, 5) is 30.4. The number of carboxylic acids is 1. The van der Waals surface area contributed by atoms with Gasteiger partial charge in [0.2, 0.25) is 11.8 Å². The first kappa shape index (κ1) is 21.8. The predicted molar refractivity (Wildman–Crippen MR) is 116 cm³/mol. The molecule has 32 heavy (non-hydrogen) atoms. The minimum Gasteiger partial charge on any atom is -0.476 e. The molecule has 0 atom stereocenters. The van der Waals surface area contributed by atoms with Gasteiger partial charge in [0.1, 0.15) is 11.6 Å². The van der Waals surface area contributed by atoms with Crippen LogP contribution < -0.4 is 4.74 Å². The lowest BCUT2D eigenvalue weighted by Gasteiger charge is -2.41. The quantitative estimate of drug-likeness (QED) is 0.626. The molecule has 1 saturated carbocycles. The van der Waals surface area contributed by atoms with Gasteiger partial charge in [0, 0.05) is 57.2 Å². The van der Waals surface area contributed by atoms with Crippen LogP contribution in [0.15, 0.2) is 24.7 Å². The Bertz CT molecular complexity index is 1170. The Morgan fingerprint density at radius 3 is 2.59 bits per heavy atom. The molecule has 1 amide bonds. The largest absolute Gasteiger partial charge is 0.476 e. The zero-order valence-corrected chi connectivity index (χ0v) is 18.9. The van der Waals surface area contributed by atoms with Crippen LogP contribution in [0, 0.1) is 5.41 Å². The van der Waals surface area contributed by atoms with Crippen molar-refractivity contribution in [2.75, 3.05) is 7.05 Å². The molecule has 170 valence electrons. The highest BCUT2D eigenvalue weighted by atomic mass is 16.5. The van der Waals surface area contributed by atoms with E-state index in [-0.39, 0.29) is 29.2 Å². The van der Waals surface area contributed by atoms with Gasteiger partial charge in [-0.15, -0.1) is 0 Å². The third-order valence-corrected chi connectivity index (χ3v) is 5.61. The van der Waals surface area contributed by atoms with E-state index in [4.69, 9.17) is 4.74 Å². The fourth-order valence-electron chi connectivity index (χ4n) is 3.74. The Labute approximate surface area is 185 Å². The molecule has 3 heterocycles. The highest BCUT2D eigenvalue weighted by Crippen LogP contribution is 2.33. The Morgan fingerprint density at radius 1 is 1.28 bits per heavy atom. The summed E-state index contributed by atoms with van der Waals surface area (Å²) >= 11 is 0. The number of carboxylic acid groups (broad SMARTS) is 1. The highest BCUT2D eigenvalue weighted by molar-refractivity contribution is 5.87. The molecule has 0 spiro atoms. The van der Waals surface area contributed by atoms with Crippen molar-refractivity contribution in [3.8, 4) is 17.1 Å².